The summed E-state index contributed by atoms with van der Waals surface area (Å²) in [6, 6.07) is -0.0672. The highest BCUT2D eigenvalue weighted by Crippen LogP contribution is 2.20. The predicted molar refractivity (Wildman–Crippen MR) is 82.4 cm³/mol. The minimum Gasteiger partial charge on any atom is -0.386 e. The second-order valence-electron chi connectivity index (χ2n) is 6.63. The molecule has 3 N–H and O–H groups in total. The van der Waals surface area contributed by atoms with Crippen LogP contribution in [0, 0.1) is 10.8 Å². The maximum atomic E-state index is 12.3. The van der Waals surface area contributed by atoms with E-state index in [0.717, 1.165) is 6.42 Å². The average Bonchev–Trinajstić information content (AvgIpc) is 2.27. The Kier molecular flexibility index (Phi) is 5.57. The van der Waals surface area contributed by atoms with Gasteiger partial charge in [0.2, 0.25) is 10.0 Å². The van der Waals surface area contributed by atoms with E-state index in [1.54, 1.807) is 4.31 Å². The molecule has 1 heterocycles. The minimum absolute atomic E-state index is 0.0672. The third-order valence-electron chi connectivity index (χ3n) is 3.47. The lowest BCUT2D eigenvalue weighted by Crippen LogP contribution is -2.55. The minimum atomic E-state index is -3.20. The SMILES string of the molecule is CCC(C(=N)N)N1CCN(S(=O)(=O)CC(C)(C)C)CC1. The Morgan fingerprint density at radius 3 is 2.10 bits per heavy atom. The molecule has 118 valence electrons. The van der Waals surface area contributed by atoms with E-state index < -0.39 is 10.0 Å². The highest BCUT2D eigenvalue weighted by molar-refractivity contribution is 7.89. The Bertz CT molecular complexity index is 434. The lowest BCUT2D eigenvalue weighted by molar-refractivity contribution is 0.163. The molecule has 20 heavy (non-hydrogen) atoms. The summed E-state index contributed by atoms with van der Waals surface area (Å²) in [4.78, 5) is 2.10. The second-order valence-corrected chi connectivity index (χ2v) is 8.60. The van der Waals surface area contributed by atoms with Gasteiger partial charge in [0.05, 0.1) is 11.8 Å². The van der Waals surface area contributed by atoms with E-state index in [1.165, 1.54) is 0 Å². The molecule has 0 saturated carbocycles. The fraction of sp³-hybridized carbons (Fsp3) is 0.923. The van der Waals surface area contributed by atoms with Gasteiger partial charge in [-0.1, -0.05) is 27.7 Å². The molecule has 1 aliphatic heterocycles. The van der Waals surface area contributed by atoms with Crippen LogP contribution in [-0.4, -0.2) is 61.4 Å². The number of nitrogens with one attached hydrogen (secondary N) is 1. The molecule has 1 fully saturated rings. The Labute approximate surface area is 122 Å². The van der Waals surface area contributed by atoms with Crippen molar-refractivity contribution in [2.75, 3.05) is 31.9 Å². The van der Waals surface area contributed by atoms with Gasteiger partial charge in [-0.25, -0.2) is 8.42 Å². The molecule has 0 aromatic rings. The molecule has 1 saturated heterocycles. The van der Waals surface area contributed by atoms with Crippen LogP contribution in [0.15, 0.2) is 0 Å². The summed E-state index contributed by atoms with van der Waals surface area (Å²) in [6.45, 7) is 10.1. The molecule has 0 spiro atoms. The zero-order valence-electron chi connectivity index (χ0n) is 13.0. The number of hydrogen-bond donors (Lipinski definition) is 2. The standard InChI is InChI=1S/C13H28N4O2S/c1-5-11(12(14)15)16-6-8-17(9-7-16)20(18,19)10-13(2,3)4/h11H,5-10H2,1-4H3,(H3,14,15). The molecule has 0 aliphatic carbocycles. The summed E-state index contributed by atoms with van der Waals surface area (Å²) >= 11 is 0. The van der Waals surface area contributed by atoms with Crippen LogP contribution >= 0.6 is 0 Å². The Morgan fingerprint density at radius 1 is 1.25 bits per heavy atom. The summed E-state index contributed by atoms with van der Waals surface area (Å²) in [5.41, 5.74) is 5.36. The first-order chi connectivity index (χ1) is 9.07. The van der Waals surface area contributed by atoms with E-state index in [9.17, 15) is 8.42 Å². The lowest BCUT2D eigenvalue weighted by Gasteiger charge is -2.38. The van der Waals surface area contributed by atoms with Gasteiger partial charge in [-0.2, -0.15) is 4.31 Å². The Morgan fingerprint density at radius 2 is 1.75 bits per heavy atom. The summed E-state index contributed by atoms with van der Waals surface area (Å²) < 4.78 is 26.2. The van der Waals surface area contributed by atoms with Crippen molar-refractivity contribution < 1.29 is 8.42 Å². The molecule has 1 atom stereocenters. The molecule has 0 amide bonds. The number of rotatable bonds is 5. The smallest absolute Gasteiger partial charge is 0.214 e. The first kappa shape index (κ1) is 17.4. The molecular formula is C13H28N4O2S. The van der Waals surface area contributed by atoms with Crippen LogP contribution in [0.2, 0.25) is 0 Å². The number of nitrogens with zero attached hydrogens (tertiary/aromatic N) is 2. The van der Waals surface area contributed by atoms with Crippen molar-refractivity contribution >= 4 is 15.9 Å². The topological polar surface area (TPSA) is 90.5 Å². The quantitative estimate of drug-likeness (QED) is 0.578. The van der Waals surface area contributed by atoms with Crippen LogP contribution in [-0.2, 0) is 10.0 Å². The van der Waals surface area contributed by atoms with Gasteiger partial charge in [0.1, 0.15) is 5.84 Å². The van der Waals surface area contributed by atoms with E-state index in [4.69, 9.17) is 11.1 Å². The van der Waals surface area contributed by atoms with Crippen molar-refractivity contribution in [2.24, 2.45) is 11.1 Å². The maximum absolute atomic E-state index is 12.3. The van der Waals surface area contributed by atoms with Crippen molar-refractivity contribution in [1.82, 2.24) is 9.21 Å². The molecule has 0 aromatic carbocycles. The molecule has 1 unspecified atom stereocenters. The second kappa shape index (κ2) is 6.41. The first-order valence-electron chi connectivity index (χ1n) is 7.12. The largest absolute Gasteiger partial charge is 0.386 e. The van der Waals surface area contributed by atoms with Crippen molar-refractivity contribution in [3.8, 4) is 0 Å². The summed E-state index contributed by atoms with van der Waals surface area (Å²) in [5.74, 6) is 0.336. The van der Waals surface area contributed by atoms with Gasteiger partial charge in [-0.15, -0.1) is 0 Å². The number of hydrogen-bond acceptors (Lipinski definition) is 4. The van der Waals surface area contributed by atoms with E-state index in [-0.39, 0.29) is 23.0 Å². The molecule has 6 nitrogen and oxygen atoms in total. The predicted octanol–water partition coefficient (Wildman–Crippen LogP) is 0.694. The Balaban J connectivity index is 2.64. The van der Waals surface area contributed by atoms with Gasteiger partial charge in [0.25, 0.3) is 0 Å². The van der Waals surface area contributed by atoms with Gasteiger partial charge in [0, 0.05) is 26.2 Å². The Hall–Kier alpha value is -0.660. The van der Waals surface area contributed by atoms with Crippen LogP contribution in [0.5, 0.6) is 0 Å². The van der Waals surface area contributed by atoms with Crippen LogP contribution < -0.4 is 5.73 Å². The molecule has 7 heteroatoms. The zero-order valence-corrected chi connectivity index (χ0v) is 13.8. The van der Waals surface area contributed by atoms with Crippen LogP contribution in [0.25, 0.3) is 0 Å². The van der Waals surface area contributed by atoms with Crippen molar-refractivity contribution in [3.63, 3.8) is 0 Å². The highest BCUT2D eigenvalue weighted by Gasteiger charge is 2.32. The monoisotopic (exact) mass is 304 g/mol. The normalized spacial score (nSPS) is 20.8. The molecule has 1 rings (SSSR count). The van der Waals surface area contributed by atoms with Gasteiger partial charge in [-0.3, -0.25) is 10.3 Å². The lowest BCUT2D eigenvalue weighted by atomic mass is 10.0. The van der Waals surface area contributed by atoms with Crippen molar-refractivity contribution in [3.05, 3.63) is 0 Å². The molecule has 0 bridgehead atoms. The van der Waals surface area contributed by atoms with Gasteiger partial charge in [0.15, 0.2) is 0 Å². The van der Waals surface area contributed by atoms with E-state index in [0.29, 0.717) is 26.2 Å². The van der Waals surface area contributed by atoms with E-state index in [2.05, 4.69) is 4.90 Å². The summed E-state index contributed by atoms with van der Waals surface area (Å²) in [6.07, 6.45) is 0.782. The molecule has 0 aromatic heterocycles. The molecule has 1 aliphatic rings. The number of amidine groups is 1. The van der Waals surface area contributed by atoms with E-state index >= 15 is 0 Å². The maximum Gasteiger partial charge on any atom is 0.214 e. The van der Waals surface area contributed by atoms with Gasteiger partial charge >= 0.3 is 0 Å². The van der Waals surface area contributed by atoms with Crippen LogP contribution in [0.4, 0.5) is 0 Å². The summed E-state index contributed by atoms with van der Waals surface area (Å²) in [5, 5.41) is 7.58. The molecular weight excluding hydrogens is 276 g/mol. The fourth-order valence-corrected chi connectivity index (χ4v) is 4.60. The first-order valence-corrected chi connectivity index (χ1v) is 8.73. The van der Waals surface area contributed by atoms with Crippen LogP contribution in [0.1, 0.15) is 34.1 Å². The van der Waals surface area contributed by atoms with Gasteiger partial charge in [-0.05, 0) is 11.8 Å². The number of piperazine rings is 1. The highest BCUT2D eigenvalue weighted by atomic mass is 32.2. The number of nitrogens with two attached hydrogens (primary N) is 1. The van der Waals surface area contributed by atoms with Gasteiger partial charge < -0.3 is 5.73 Å². The van der Waals surface area contributed by atoms with Crippen molar-refractivity contribution in [1.29, 1.82) is 5.41 Å². The third kappa shape index (κ3) is 4.71. The molecule has 0 radical (unpaired) electrons. The van der Waals surface area contributed by atoms with Crippen LogP contribution in [0.3, 0.4) is 0 Å². The summed E-state index contributed by atoms with van der Waals surface area (Å²) in [7, 11) is -3.20. The van der Waals surface area contributed by atoms with Crippen molar-refractivity contribution in [2.45, 2.75) is 40.2 Å². The average molecular weight is 304 g/mol. The van der Waals surface area contributed by atoms with E-state index in [1.807, 2.05) is 27.7 Å². The number of sulfonamides is 1. The third-order valence-corrected chi connectivity index (χ3v) is 5.85. The fourth-order valence-electron chi connectivity index (χ4n) is 2.61. The zero-order chi connectivity index (χ0) is 15.6.